The average Bonchev–Trinajstić information content (AvgIpc) is 3.24. The predicted octanol–water partition coefficient (Wildman–Crippen LogP) is 7.89. The number of benzene rings is 6. The predicted molar refractivity (Wildman–Crippen MR) is 132 cm³/mol. The molecule has 7 rings (SSSR count). The monoisotopic (exact) mass is 418 g/mol. The number of nitriles is 2. The zero-order valence-corrected chi connectivity index (χ0v) is 17.4. The van der Waals surface area contributed by atoms with Crippen molar-refractivity contribution in [1.29, 1.82) is 10.5 Å². The highest BCUT2D eigenvalue weighted by molar-refractivity contribution is 6.38. The summed E-state index contributed by atoms with van der Waals surface area (Å²) in [4.78, 5) is 0. The Morgan fingerprint density at radius 2 is 1.15 bits per heavy atom. The Balaban J connectivity index is 1.71. The number of rotatable bonds is 1. The summed E-state index contributed by atoms with van der Waals surface area (Å²) < 4.78 is 6.44. The van der Waals surface area contributed by atoms with Gasteiger partial charge in [-0.25, -0.2) is 0 Å². The third-order valence-corrected chi connectivity index (χ3v) is 6.60. The van der Waals surface area contributed by atoms with Crippen molar-refractivity contribution in [2.45, 2.75) is 0 Å². The van der Waals surface area contributed by atoms with Crippen molar-refractivity contribution < 1.29 is 4.42 Å². The van der Waals surface area contributed by atoms with Gasteiger partial charge >= 0.3 is 0 Å². The van der Waals surface area contributed by atoms with Gasteiger partial charge in [0.25, 0.3) is 0 Å². The molecule has 33 heavy (non-hydrogen) atoms. The van der Waals surface area contributed by atoms with Gasteiger partial charge in [0.2, 0.25) is 0 Å². The van der Waals surface area contributed by atoms with Crippen molar-refractivity contribution in [2.24, 2.45) is 0 Å². The second kappa shape index (κ2) is 6.33. The minimum atomic E-state index is 0.469. The van der Waals surface area contributed by atoms with Crippen LogP contribution in [0.2, 0.25) is 0 Å². The second-order valence-electron chi connectivity index (χ2n) is 8.41. The molecule has 0 atom stereocenters. The van der Waals surface area contributed by atoms with E-state index in [-0.39, 0.29) is 0 Å². The molecule has 0 aliphatic heterocycles. The van der Waals surface area contributed by atoms with Crippen LogP contribution in [0.3, 0.4) is 0 Å². The first-order valence-corrected chi connectivity index (χ1v) is 10.7. The summed E-state index contributed by atoms with van der Waals surface area (Å²) in [6.45, 7) is 0. The van der Waals surface area contributed by atoms with E-state index < -0.39 is 0 Å². The Bertz CT molecular complexity index is 1960. The van der Waals surface area contributed by atoms with E-state index in [1.807, 2.05) is 18.2 Å². The Hall–Kier alpha value is -4.86. The van der Waals surface area contributed by atoms with Crippen LogP contribution in [0, 0.1) is 22.7 Å². The third-order valence-electron chi connectivity index (χ3n) is 6.60. The van der Waals surface area contributed by atoms with E-state index >= 15 is 0 Å². The Kier molecular flexibility index (Phi) is 3.41. The van der Waals surface area contributed by atoms with Crippen molar-refractivity contribution in [3.8, 4) is 23.3 Å². The molecule has 150 valence electrons. The lowest BCUT2D eigenvalue weighted by molar-refractivity contribution is 0.670. The zero-order chi connectivity index (χ0) is 22.1. The van der Waals surface area contributed by atoms with Gasteiger partial charge in [0.05, 0.1) is 23.3 Å². The van der Waals surface area contributed by atoms with E-state index in [1.54, 1.807) is 6.07 Å². The molecule has 1 heterocycles. The van der Waals surface area contributed by atoms with Gasteiger partial charge in [0.1, 0.15) is 11.2 Å². The molecule has 3 nitrogen and oxygen atoms in total. The van der Waals surface area contributed by atoms with Gasteiger partial charge in [0, 0.05) is 16.2 Å². The van der Waals surface area contributed by atoms with E-state index in [0.717, 1.165) is 49.2 Å². The molecule has 0 radical (unpaired) electrons. The highest BCUT2D eigenvalue weighted by Crippen LogP contribution is 2.46. The van der Waals surface area contributed by atoms with E-state index in [0.29, 0.717) is 11.1 Å². The fourth-order valence-electron chi connectivity index (χ4n) is 5.24. The van der Waals surface area contributed by atoms with E-state index in [2.05, 4.69) is 72.8 Å². The number of hydrogen-bond donors (Lipinski definition) is 0. The molecule has 6 aromatic carbocycles. The summed E-state index contributed by atoms with van der Waals surface area (Å²) in [7, 11) is 0. The van der Waals surface area contributed by atoms with Gasteiger partial charge in [-0.1, -0.05) is 48.5 Å². The van der Waals surface area contributed by atoms with Gasteiger partial charge in [0.15, 0.2) is 0 Å². The van der Waals surface area contributed by atoms with Crippen LogP contribution in [0.15, 0.2) is 89.3 Å². The van der Waals surface area contributed by atoms with E-state index in [9.17, 15) is 10.5 Å². The molecule has 7 aromatic rings. The van der Waals surface area contributed by atoms with E-state index in [4.69, 9.17) is 4.42 Å². The second-order valence-corrected chi connectivity index (χ2v) is 8.41. The highest BCUT2D eigenvalue weighted by Gasteiger charge is 2.20. The summed E-state index contributed by atoms with van der Waals surface area (Å²) in [5.74, 6) is 0. The minimum Gasteiger partial charge on any atom is -0.456 e. The maximum atomic E-state index is 9.45. The normalized spacial score (nSPS) is 11.6. The molecule has 0 aliphatic rings. The molecule has 0 amide bonds. The maximum Gasteiger partial charge on any atom is 0.136 e. The Morgan fingerprint density at radius 3 is 1.91 bits per heavy atom. The van der Waals surface area contributed by atoms with Crippen LogP contribution in [0.5, 0.6) is 0 Å². The summed E-state index contributed by atoms with van der Waals surface area (Å²) in [5, 5.41) is 28.2. The molecule has 3 heteroatoms. The van der Waals surface area contributed by atoms with Crippen molar-refractivity contribution in [3.05, 3.63) is 96.1 Å². The van der Waals surface area contributed by atoms with Crippen LogP contribution in [0.4, 0.5) is 0 Å². The fourth-order valence-corrected chi connectivity index (χ4v) is 5.24. The molecule has 0 saturated heterocycles. The van der Waals surface area contributed by atoms with Crippen molar-refractivity contribution in [2.75, 3.05) is 0 Å². The number of fused-ring (bicyclic) bond motifs is 5. The highest BCUT2D eigenvalue weighted by atomic mass is 16.3. The number of nitrogens with zero attached hydrogens (tertiary/aromatic N) is 2. The standard InChI is InChI=1S/C30H14N2O/c31-15-17-9-18(16-32)11-20(10-17)21-12-25-23-7-3-4-8-24(23)28-22-6-2-1-5-19(22)13-27-30(28)29(25)26(14-21)33-27/h1-14H. The first kappa shape index (κ1) is 17.8. The van der Waals surface area contributed by atoms with Crippen LogP contribution < -0.4 is 0 Å². The molecule has 0 spiro atoms. The minimum absolute atomic E-state index is 0.469. The molecule has 0 saturated carbocycles. The van der Waals surface area contributed by atoms with Gasteiger partial charge < -0.3 is 4.42 Å². The lowest BCUT2D eigenvalue weighted by atomic mass is 9.89. The summed E-state index contributed by atoms with van der Waals surface area (Å²) in [6.07, 6.45) is 0. The molecule has 1 aromatic heterocycles. The van der Waals surface area contributed by atoms with Crippen LogP contribution in [0.25, 0.3) is 65.4 Å². The van der Waals surface area contributed by atoms with Gasteiger partial charge in [-0.15, -0.1) is 0 Å². The number of furan rings is 1. The van der Waals surface area contributed by atoms with Crippen LogP contribution in [-0.2, 0) is 0 Å². The van der Waals surface area contributed by atoms with Crippen LogP contribution in [0.1, 0.15) is 11.1 Å². The lowest BCUT2D eigenvalue weighted by Crippen LogP contribution is -1.87. The van der Waals surface area contributed by atoms with Crippen LogP contribution >= 0.6 is 0 Å². The SMILES string of the molecule is N#Cc1cc(C#N)cc(-c2cc3oc4cc5ccccc5c5c6ccccc6c(c2)c3c45)c1. The van der Waals surface area contributed by atoms with E-state index in [1.165, 1.54) is 16.2 Å². The summed E-state index contributed by atoms with van der Waals surface area (Å²) >= 11 is 0. The smallest absolute Gasteiger partial charge is 0.136 e. The Labute approximate surface area is 188 Å². The third kappa shape index (κ3) is 2.37. The quantitative estimate of drug-likeness (QED) is 0.255. The molecule has 0 aliphatic carbocycles. The van der Waals surface area contributed by atoms with Crippen molar-refractivity contribution in [1.82, 2.24) is 0 Å². The van der Waals surface area contributed by atoms with Crippen molar-refractivity contribution >= 4 is 54.3 Å². The van der Waals surface area contributed by atoms with Gasteiger partial charge in [-0.05, 0) is 74.5 Å². The zero-order valence-electron chi connectivity index (χ0n) is 17.4. The molecule has 0 fully saturated rings. The molecule has 0 N–H and O–H groups in total. The molecule has 0 bridgehead atoms. The number of hydrogen-bond acceptors (Lipinski definition) is 3. The topological polar surface area (TPSA) is 60.7 Å². The molecular weight excluding hydrogens is 404 g/mol. The Morgan fingerprint density at radius 1 is 0.515 bits per heavy atom. The largest absolute Gasteiger partial charge is 0.456 e. The van der Waals surface area contributed by atoms with Gasteiger partial charge in [-0.3, -0.25) is 0 Å². The average molecular weight is 418 g/mol. The fraction of sp³-hybridized carbons (Fsp3) is 0. The molecule has 0 unspecified atom stereocenters. The summed E-state index contributed by atoms with van der Waals surface area (Å²) in [5.41, 5.74) is 4.37. The first-order chi connectivity index (χ1) is 16.2. The van der Waals surface area contributed by atoms with Crippen molar-refractivity contribution in [3.63, 3.8) is 0 Å². The summed E-state index contributed by atoms with van der Waals surface area (Å²) in [6, 6.07) is 32.8. The molecular formula is C30H14N2O. The van der Waals surface area contributed by atoms with Gasteiger partial charge in [-0.2, -0.15) is 10.5 Å². The lowest BCUT2D eigenvalue weighted by Gasteiger charge is -2.12. The first-order valence-electron chi connectivity index (χ1n) is 10.7. The maximum absolute atomic E-state index is 9.45. The van der Waals surface area contributed by atoms with Crippen LogP contribution in [-0.4, -0.2) is 0 Å².